The molecule has 0 radical (unpaired) electrons. The summed E-state index contributed by atoms with van der Waals surface area (Å²) < 4.78 is 3.89. The van der Waals surface area contributed by atoms with Crippen LogP contribution in [-0.2, 0) is 6.54 Å². The minimum Gasteiger partial charge on any atom is -0.322 e. The number of aryl methyl sites for hydroxylation is 2. The van der Waals surface area contributed by atoms with E-state index in [9.17, 15) is 0 Å². The van der Waals surface area contributed by atoms with Crippen LogP contribution in [0.4, 0.5) is 0 Å². The Morgan fingerprint density at radius 3 is 2.75 bits per heavy atom. The monoisotopic (exact) mass is 337 g/mol. The van der Waals surface area contributed by atoms with Gasteiger partial charge in [0, 0.05) is 5.02 Å². The van der Waals surface area contributed by atoms with E-state index in [0.717, 1.165) is 38.8 Å². The van der Waals surface area contributed by atoms with E-state index >= 15 is 0 Å². The van der Waals surface area contributed by atoms with Crippen LogP contribution in [0.2, 0.25) is 5.02 Å². The molecule has 6 heteroatoms. The van der Waals surface area contributed by atoms with Gasteiger partial charge >= 0.3 is 0 Å². The maximum Gasteiger partial charge on any atom is 0.107 e. The molecule has 0 bridgehead atoms. The molecule has 0 spiro atoms. The highest BCUT2D eigenvalue weighted by Gasteiger charge is 2.10. The molecule has 0 N–H and O–H groups in total. The summed E-state index contributed by atoms with van der Waals surface area (Å²) in [5.74, 6) is 0.962. The lowest BCUT2D eigenvalue weighted by Crippen LogP contribution is -2.02. The van der Waals surface area contributed by atoms with Crippen LogP contribution in [0.3, 0.4) is 0 Å². The Labute approximate surface area is 144 Å². The zero-order chi connectivity index (χ0) is 16.7. The molecular formula is C18H16ClN5. The minimum atomic E-state index is 0.631. The maximum absolute atomic E-state index is 6.20. The van der Waals surface area contributed by atoms with Gasteiger partial charge in [0.25, 0.3) is 0 Å². The number of halogens is 1. The van der Waals surface area contributed by atoms with E-state index in [1.165, 1.54) is 0 Å². The van der Waals surface area contributed by atoms with Gasteiger partial charge in [0.15, 0.2) is 0 Å². The van der Waals surface area contributed by atoms with E-state index in [4.69, 9.17) is 11.6 Å². The van der Waals surface area contributed by atoms with Crippen molar-refractivity contribution in [3.05, 3.63) is 70.8 Å². The van der Waals surface area contributed by atoms with Crippen LogP contribution >= 0.6 is 11.6 Å². The SMILES string of the molecule is Cc1ccc(-n2cc(Cn3c(C)nc4ccccc43)nn2)cc1Cl. The number of nitrogens with zero attached hydrogens (tertiary/aromatic N) is 5. The highest BCUT2D eigenvalue weighted by atomic mass is 35.5. The van der Waals surface area contributed by atoms with Gasteiger partial charge in [-0.05, 0) is 43.7 Å². The molecule has 0 aliphatic carbocycles. The van der Waals surface area contributed by atoms with Crippen molar-refractivity contribution in [1.29, 1.82) is 0 Å². The summed E-state index contributed by atoms with van der Waals surface area (Å²) in [7, 11) is 0. The molecule has 0 amide bonds. The van der Waals surface area contributed by atoms with E-state index in [2.05, 4.69) is 25.9 Å². The summed E-state index contributed by atoms with van der Waals surface area (Å²) in [6.45, 7) is 4.61. The van der Waals surface area contributed by atoms with Gasteiger partial charge < -0.3 is 4.57 Å². The summed E-state index contributed by atoms with van der Waals surface area (Å²) in [5, 5.41) is 9.23. The highest BCUT2D eigenvalue weighted by molar-refractivity contribution is 6.31. The summed E-state index contributed by atoms with van der Waals surface area (Å²) in [6.07, 6.45) is 1.93. The third-order valence-corrected chi connectivity index (χ3v) is 4.53. The van der Waals surface area contributed by atoms with Gasteiger partial charge in [-0.1, -0.05) is 35.0 Å². The molecule has 2 heterocycles. The van der Waals surface area contributed by atoms with Crippen LogP contribution in [0.1, 0.15) is 17.1 Å². The van der Waals surface area contributed by atoms with Gasteiger partial charge in [0.05, 0.1) is 29.5 Å². The zero-order valence-corrected chi connectivity index (χ0v) is 14.2. The number of hydrogen-bond donors (Lipinski definition) is 0. The Bertz CT molecular complexity index is 1030. The molecule has 0 unspecified atom stereocenters. The van der Waals surface area contributed by atoms with Gasteiger partial charge in [-0.2, -0.15) is 0 Å². The van der Waals surface area contributed by atoms with Crippen LogP contribution in [0.25, 0.3) is 16.7 Å². The molecule has 2 aromatic carbocycles. The second kappa shape index (κ2) is 5.76. The molecular weight excluding hydrogens is 322 g/mol. The maximum atomic E-state index is 6.20. The van der Waals surface area contributed by atoms with Crippen molar-refractivity contribution in [2.45, 2.75) is 20.4 Å². The Balaban J connectivity index is 1.67. The lowest BCUT2D eigenvalue weighted by molar-refractivity contribution is 0.750. The average molecular weight is 338 g/mol. The van der Waals surface area contributed by atoms with Crippen molar-refractivity contribution in [3.63, 3.8) is 0 Å². The third-order valence-electron chi connectivity index (χ3n) is 4.13. The molecule has 120 valence electrons. The van der Waals surface area contributed by atoms with Crippen molar-refractivity contribution < 1.29 is 0 Å². The Kier molecular flexibility index (Phi) is 3.58. The number of aromatic nitrogens is 5. The smallest absolute Gasteiger partial charge is 0.107 e. The quantitative estimate of drug-likeness (QED) is 0.569. The van der Waals surface area contributed by atoms with Crippen molar-refractivity contribution in [2.24, 2.45) is 0 Å². The Morgan fingerprint density at radius 2 is 1.92 bits per heavy atom. The first-order chi connectivity index (χ1) is 11.6. The molecule has 4 aromatic rings. The fourth-order valence-electron chi connectivity index (χ4n) is 2.78. The predicted molar refractivity (Wildman–Crippen MR) is 94.7 cm³/mol. The fourth-order valence-corrected chi connectivity index (χ4v) is 2.95. The number of imidazole rings is 1. The van der Waals surface area contributed by atoms with Gasteiger partial charge in [-0.3, -0.25) is 0 Å². The number of rotatable bonds is 3. The normalized spacial score (nSPS) is 11.3. The third kappa shape index (κ3) is 2.57. The van der Waals surface area contributed by atoms with E-state index in [1.807, 2.05) is 56.4 Å². The molecule has 0 atom stereocenters. The van der Waals surface area contributed by atoms with Crippen molar-refractivity contribution in [1.82, 2.24) is 24.5 Å². The van der Waals surface area contributed by atoms with E-state index in [0.29, 0.717) is 6.54 Å². The van der Waals surface area contributed by atoms with E-state index in [-0.39, 0.29) is 0 Å². The average Bonchev–Trinajstić information content (AvgIpc) is 3.16. The number of hydrogen-bond acceptors (Lipinski definition) is 3. The van der Waals surface area contributed by atoms with Gasteiger partial charge in [-0.25, -0.2) is 9.67 Å². The van der Waals surface area contributed by atoms with Crippen LogP contribution < -0.4 is 0 Å². The molecule has 2 aromatic heterocycles. The minimum absolute atomic E-state index is 0.631. The van der Waals surface area contributed by atoms with E-state index in [1.54, 1.807) is 4.68 Å². The molecule has 0 aliphatic heterocycles. The van der Waals surface area contributed by atoms with Gasteiger partial charge in [0.1, 0.15) is 11.5 Å². The summed E-state index contributed by atoms with van der Waals surface area (Å²) in [5.41, 5.74) is 4.91. The molecule has 24 heavy (non-hydrogen) atoms. The van der Waals surface area contributed by atoms with Crippen LogP contribution in [-0.4, -0.2) is 24.5 Å². The second-order valence-corrected chi connectivity index (χ2v) is 6.23. The fraction of sp³-hybridized carbons (Fsp3) is 0.167. The van der Waals surface area contributed by atoms with Gasteiger partial charge in [-0.15, -0.1) is 5.10 Å². The van der Waals surface area contributed by atoms with Crippen LogP contribution in [0, 0.1) is 13.8 Å². The number of para-hydroxylation sites is 2. The topological polar surface area (TPSA) is 48.5 Å². The van der Waals surface area contributed by atoms with Gasteiger partial charge in [0.2, 0.25) is 0 Å². The Morgan fingerprint density at radius 1 is 1.08 bits per heavy atom. The lowest BCUT2D eigenvalue weighted by atomic mass is 10.2. The molecule has 0 aliphatic rings. The van der Waals surface area contributed by atoms with Crippen molar-refractivity contribution in [3.8, 4) is 5.69 Å². The lowest BCUT2D eigenvalue weighted by Gasteiger charge is -2.04. The summed E-state index contributed by atoms with van der Waals surface area (Å²) in [4.78, 5) is 4.59. The molecule has 5 nitrogen and oxygen atoms in total. The summed E-state index contributed by atoms with van der Waals surface area (Å²) in [6, 6.07) is 14.0. The first kappa shape index (κ1) is 14.9. The molecule has 4 rings (SSSR count). The first-order valence-electron chi connectivity index (χ1n) is 7.71. The first-order valence-corrected chi connectivity index (χ1v) is 8.09. The van der Waals surface area contributed by atoms with E-state index < -0.39 is 0 Å². The number of benzene rings is 2. The number of fused-ring (bicyclic) bond motifs is 1. The molecule has 0 fully saturated rings. The van der Waals surface area contributed by atoms with Crippen molar-refractivity contribution in [2.75, 3.05) is 0 Å². The summed E-state index contributed by atoms with van der Waals surface area (Å²) >= 11 is 6.20. The molecule has 0 saturated carbocycles. The zero-order valence-electron chi connectivity index (χ0n) is 13.4. The van der Waals surface area contributed by atoms with Crippen LogP contribution in [0.15, 0.2) is 48.7 Å². The van der Waals surface area contributed by atoms with Crippen LogP contribution in [0.5, 0.6) is 0 Å². The molecule has 0 saturated heterocycles. The highest BCUT2D eigenvalue weighted by Crippen LogP contribution is 2.20. The predicted octanol–water partition coefficient (Wildman–Crippen LogP) is 3.94. The Hall–Kier alpha value is -2.66. The second-order valence-electron chi connectivity index (χ2n) is 5.82. The van der Waals surface area contributed by atoms with Crippen molar-refractivity contribution >= 4 is 22.6 Å². The largest absolute Gasteiger partial charge is 0.322 e. The standard InChI is InChI=1S/C18H16ClN5/c1-12-7-8-15(9-16(12)19)24-11-14(21-22-24)10-23-13(2)20-17-5-3-4-6-18(17)23/h3-9,11H,10H2,1-2H3.